The Bertz CT molecular complexity index is 294. The van der Waals surface area contributed by atoms with Gasteiger partial charge in [-0.15, -0.1) is 0 Å². The zero-order chi connectivity index (χ0) is 8.27. The average Bonchev–Trinajstić information content (AvgIpc) is 2.05. The lowest BCUT2D eigenvalue weighted by atomic mass is 10.2. The van der Waals surface area contributed by atoms with E-state index < -0.39 is 0 Å². The molecule has 2 N–H and O–H groups in total. The number of carbonyl (C=O) groups excluding carboxylic acids is 1. The molecule has 1 aromatic heterocycles. The molecule has 0 aliphatic carbocycles. The number of nitrogens with zero attached hydrogens (tertiary/aromatic N) is 1. The molecule has 0 saturated heterocycles. The maximum Gasteiger partial charge on any atom is 0.151 e. The molecule has 0 atom stereocenters. The fourth-order valence-electron chi connectivity index (χ4n) is 0.737. The van der Waals surface area contributed by atoms with Crippen molar-refractivity contribution in [2.45, 2.75) is 0 Å². The number of nitrogens with two attached hydrogens (primary N) is 1. The number of pyridine rings is 1. The van der Waals surface area contributed by atoms with Crippen molar-refractivity contribution in [2.75, 3.05) is 5.73 Å². The lowest BCUT2D eigenvalue weighted by Crippen LogP contribution is -1.94. The molecule has 0 unspecified atom stereocenters. The minimum atomic E-state index is 0.394. The maximum absolute atomic E-state index is 10.3. The van der Waals surface area contributed by atoms with Crippen LogP contribution in [0, 0.1) is 0 Å². The summed E-state index contributed by atoms with van der Waals surface area (Å²) in [6, 6.07) is 1.64. The van der Waals surface area contributed by atoms with Crippen LogP contribution in [0.3, 0.4) is 0 Å². The number of aromatic nitrogens is 1. The summed E-state index contributed by atoms with van der Waals surface area (Å²) in [5.41, 5.74) is 6.65. The second kappa shape index (κ2) is 2.96. The third kappa shape index (κ3) is 1.43. The van der Waals surface area contributed by atoms with Gasteiger partial charge in [0.05, 0.1) is 0 Å². The van der Waals surface area contributed by atoms with Gasteiger partial charge in [-0.2, -0.15) is 0 Å². The highest BCUT2D eigenvalue weighted by Crippen LogP contribution is 2.10. The summed E-state index contributed by atoms with van der Waals surface area (Å²) in [5.74, 6) is 0.394. The van der Waals surface area contributed by atoms with Gasteiger partial charge in [0.15, 0.2) is 6.29 Å². The molecule has 0 bridgehead atoms. The van der Waals surface area contributed by atoms with Crippen LogP contribution in [0.15, 0.2) is 18.8 Å². The Kier molecular flexibility index (Phi) is 2.01. The third-order valence-electron chi connectivity index (χ3n) is 1.33. The van der Waals surface area contributed by atoms with E-state index in [1.54, 1.807) is 12.1 Å². The van der Waals surface area contributed by atoms with Gasteiger partial charge >= 0.3 is 0 Å². The van der Waals surface area contributed by atoms with Crippen molar-refractivity contribution in [1.29, 1.82) is 0 Å². The first-order valence-corrected chi connectivity index (χ1v) is 3.11. The van der Waals surface area contributed by atoms with Crippen molar-refractivity contribution in [3.8, 4) is 0 Å². The number of anilines is 1. The van der Waals surface area contributed by atoms with E-state index in [0.717, 1.165) is 6.29 Å². The molecule has 3 heteroatoms. The molecule has 1 rings (SSSR count). The van der Waals surface area contributed by atoms with E-state index in [2.05, 4.69) is 11.6 Å². The minimum Gasteiger partial charge on any atom is -0.383 e. The van der Waals surface area contributed by atoms with E-state index in [1.807, 2.05) is 0 Å². The number of rotatable bonds is 2. The molecule has 1 heterocycles. The van der Waals surface area contributed by atoms with Gasteiger partial charge in [0.2, 0.25) is 0 Å². The summed E-state index contributed by atoms with van der Waals surface area (Å²) < 4.78 is 0. The lowest BCUT2D eigenvalue weighted by Gasteiger charge is -1.97. The van der Waals surface area contributed by atoms with Gasteiger partial charge in [0.1, 0.15) is 5.82 Å². The first kappa shape index (κ1) is 7.47. The van der Waals surface area contributed by atoms with Crippen LogP contribution in [0.4, 0.5) is 5.82 Å². The maximum atomic E-state index is 10.3. The molecule has 0 fully saturated rings. The fourth-order valence-corrected chi connectivity index (χ4v) is 0.737. The molecule has 0 saturated carbocycles. The van der Waals surface area contributed by atoms with E-state index in [0.29, 0.717) is 16.9 Å². The molecule has 0 aliphatic heterocycles. The molecule has 56 valence electrons. The largest absolute Gasteiger partial charge is 0.383 e. The average molecular weight is 148 g/mol. The molecule has 1 aromatic rings. The van der Waals surface area contributed by atoms with Crippen molar-refractivity contribution in [2.24, 2.45) is 0 Å². The molecule has 0 aromatic carbocycles. The second-order valence-electron chi connectivity index (χ2n) is 2.07. The van der Waals surface area contributed by atoms with Gasteiger partial charge in [-0.3, -0.25) is 4.79 Å². The molecular weight excluding hydrogens is 140 g/mol. The monoisotopic (exact) mass is 148 g/mol. The topological polar surface area (TPSA) is 56.0 Å². The van der Waals surface area contributed by atoms with Gasteiger partial charge in [-0.25, -0.2) is 4.98 Å². The van der Waals surface area contributed by atoms with Gasteiger partial charge in [0.25, 0.3) is 0 Å². The number of aldehydes is 1. The Balaban J connectivity index is 3.22. The van der Waals surface area contributed by atoms with E-state index in [4.69, 9.17) is 5.73 Å². The minimum absolute atomic E-state index is 0.394. The highest BCUT2D eigenvalue weighted by molar-refractivity contribution is 5.77. The molecule has 0 aliphatic rings. The standard InChI is InChI=1S/C8H8N2O/c1-2-7-3-6(5-11)4-10-8(7)9/h2-5H,1H2,(H2,9,10). The molecule has 0 amide bonds. The highest BCUT2D eigenvalue weighted by atomic mass is 16.1. The van der Waals surface area contributed by atoms with E-state index >= 15 is 0 Å². The summed E-state index contributed by atoms with van der Waals surface area (Å²) in [7, 11) is 0. The van der Waals surface area contributed by atoms with Crippen LogP contribution in [0.1, 0.15) is 15.9 Å². The van der Waals surface area contributed by atoms with Crippen molar-refractivity contribution >= 4 is 18.2 Å². The summed E-state index contributed by atoms with van der Waals surface area (Å²) in [4.78, 5) is 14.1. The van der Waals surface area contributed by atoms with Crippen LogP contribution >= 0.6 is 0 Å². The molecule has 0 spiro atoms. The van der Waals surface area contributed by atoms with Gasteiger partial charge < -0.3 is 5.73 Å². The Morgan fingerprint density at radius 2 is 2.36 bits per heavy atom. The smallest absolute Gasteiger partial charge is 0.151 e. The Morgan fingerprint density at radius 3 is 2.91 bits per heavy atom. The first-order chi connectivity index (χ1) is 5.27. The van der Waals surface area contributed by atoms with Crippen LogP contribution in [-0.4, -0.2) is 11.3 Å². The molecule has 0 radical (unpaired) electrons. The summed E-state index contributed by atoms with van der Waals surface area (Å²) in [6.07, 6.45) is 3.71. The van der Waals surface area contributed by atoms with E-state index in [1.165, 1.54) is 6.20 Å². The zero-order valence-corrected chi connectivity index (χ0v) is 5.95. The SMILES string of the molecule is C=Cc1cc(C=O)cnc1N. The van der Waals surface area contributed by atoms with Crippen molar-refractivity contribution in [3.05, 3.63) is 30.0 Å². The predicted octanol–water partition coefficient (Wildman–Crippen LogP) is 1.12. The number of hydrogen-bond acceptors (Lipinski definition) is 3. The lowest BCUT2D eigenvalue weighted by molar-refractivity contribution is 0.112. The van der Waals surface area contributed by atoms with Gasteiger partial charge in [-0.05, 0) is 6.07 Å². The molecule has 11 heavy (non-hydrogen) atoms. The van der Waals surface area contributed by atoms with Gasteiger partial charge in [0, 0.05) is 17.3 Å². The third-order valence-corrected chi connectivity index (χ3v) is 1.33. The summed E-state index contributed by atoms with van der Waals surface area (Å²) in [5, 5.41) is 0. The highest BCUT2D eigenvalue weighted by Gasteiger charge is 1.96. The van der Waals surface area contributed by atoms with Gasteiger partial charge in [-0.1, -0.05) is 12.7 Å². The fraction of sp³-hybridized carbons (Fsp3) is 0. The number of carbonyl (C=O) groups is 1. The molecule has 3 nitrogen and oxygen atoms in total. The first-order valence-electron chi connectivity index (χ1n) is 3.11. The van der Waals surface area contributed by atoms with Crippen LogP contribution in [-0.2, 0) is 0 Å². The number of hydrogen-bond donors (Lipinski definition) is 1. The van der Waals surface area contributed by atoms with E-state index in [9.17, 15) is 4.79 Å². The van der Waals surface area contributed by atoms with Crippen LogP contribution < -0.4 is 5.73 Å². The van der Waals surface area contributed by atoms with Crippen molar-refractivity contribution < 1.29 is 4.79 Å². The van der Waals surface area contributed by atoms with E-state index in [-0.39, 0.29) is 0 Å². The Labute approximate surface area is 64.6 Å². The Hall–Kier alpha value is -1.64. The molecular formula is C8H8N2O. The summed E-state index contributed by atoms with van der Waals surface area (Å²) in [6.45, 7) is 3.53. The van der Waals surface area contributed by atoms with Crippen LogP contribution in [0.2, 0.25) is 0 Å². The summed E-state index contributed by atoms with van der Waals surface area (Å²) >= 11 is 0. The zero-order valence-electron chi connectivity index (χ0n) is 5.95. The Morgan fingerprint density at radius 1 is 1.64 bits per heavy atom. The normalized spacial score (nSPS) is 9.09. The van der Waals surface area contributed by atoms with Crippen LogP contribution in [0.5, 0.6) is 0 Å². The predicted molar refractivity (Wildman–Crippen MR) is 44.1 cm³/mol. The second-order valence-corrected chi connectivity index (χ2v) is 2.07. The van der Waals surface area contributed by atoms with Crippen molar-refractivity contribution in [3.63, 3.8) is 0 Å². The van der Waals surface area contributed by atoms with Crippen LogP contribution in [0.25, 0.3) is 6.08 Å². The quantitative estimate of drug-likeness (QED) is 0.639. The number of nitrogen functional groups attached to an aromatic ring is 1. The van der Waals surface area contributed by atoms with Crippen molar-refractivity contribution in [1.82, 2.24) is 4.98 Å².